The average molecular weight is 493 g/mol. The maximum Gasteiger partial charge on any atom is 0.231 e. The highest BCUT2D eigenvalue weighted by Gasteiger charge is 2.21. The molecule has 0 spiro atoms. The molecule has 5 rings (SSSR count). The molecule has 0 aliphatic carbocycles. The largest absolute Gasteiger partial charge is 0.497 e. The highest BCUT2D eigenvalue weighted by atomic mass is 35.5. The van der Waals surface area contributed by atoms with E-state index in [1.807, 2.05) is 6.07 Å². The quantitative estimate of drug-likeness (QED) is 0.537. The molecule has 0 radical (unpaired) electrons. The number of nitrogens with zero attached hydrogens (tertiary/aromatic N) is 3. The van der Waals surface area contributed by atoms with Crippen molar-refractivity contribution in [3.63, 3.8) is 0 Å². The molecular weight excluding hydrogens is 466 g/mol. The summed E-state index contributed by atoms with van der Waals surface area (Å²) < 4.78 is 44.8. The van der Waals surface area contributed by atoms with Gasteiger partial charge in [0.05, 0.1) is 25.2 Å². The number of hydrogen-bond acceptors (Lipinski definition) is 7. The van der Waals surface area contributed by atoms with Crippen LogP contribution in [-0.4, -0.2) is 54.4 Å². The molecule has 1 fully saturated rings. The third kappa shape index (κ3) is 5.16. The van der Waals surface area contributed by atoms with Crippen LogP contribution in [0.3, 0.4) is 0 Å². The number of benzene rings is 1. The van der Waals surface area contributed by atoms with Crippen LogP contribution in [0.25, 0.3) is 10.9 Å². The van der Waals surface area contributed by atoms with E-state index in [2.05, 4.69) is 20.2 Å². The minimum absolute atomic E-state index is 0. The number of piperidine rings is 1. The molecule has 0 atom stereocenters. The molecule has 2 aliphatic rings. The number of likely N-dealkylation sites (tertiary alicyclic amines) is 1. The standard InChI is InChI=1S/C24H26F2N4O3.ClH/c1-31-17-9-19-18(21(26)12-29-24(19)20(25)10-17)4-7-30-5-2-15(3-6-30)27-11-16-8-22-23(13-28-16)33-14-32-22;/h8-10,12-13,15,27H,2-7,11,14H2,1H3;1H. The summed E-state index contributed by atoms with van der Waals surface area (Å²) in [6.07, 6.45) is 5.27. The highest BCUT2D eigenvalue weighted by molar-refractivity contribution is 5.85. The lowest BCUT2D eigenvalue weighted by atomic mass is 10.0. The molecule has 7 nitrogen and oxygen atoms in total. The zero-order valence-electron chi connectivity index (χ0n) is 18.9. The van der Waals surface area contributed by atoms with Gasteiger partial charge in [0.25, 0.3) is 0 Å². The van der Waals surface area contributed by atoms with Gasteiger partial charge >= 0.3 is 0 Å². The van der Waals surface area contributed by atoms with E-state index in [1.54, 1.807) is 12.3 Å². The van der Waals surface area contributed by atoms with Gasteiger partial charge in [-0.25, -0.2) is 8.78 Å². The van der Waals surface area contributed by atoms with Gasteiger partial charge in [-0.2, -0.15) is 0 Å². The number of halogens is 3. The first-order valence-corrected chi connectivity index (χ1v) is 11.1. The smallest absolute Gasteiger partial charge is 0.231 e. The van der Waals surface area contributed by atoms with Crippen LogP contribution in [0.4, 0.5) is 8.78 Å². The summed E-state index contributed by atoms with van der Waals surface area (Å²) in [5, 5.41) is 4.04. The molecule has 2 aliphatic heterocycles. The van der Waals surface area contributed by atoms with E-state index in [0.29, 0.717) is 48.0 Å². The molecule has 34 heavy (non-hydrogen) atoms. The molecule has 0 unspecified atom stereocenters. The summed E-state index contributed by atoms with van der Waals surface area (Å²) in [5.74, 6) is 0.867. The van der Waals surface area contributed by atoms with Gasteiger partial charge in [-0.3, -0.25) is 9.97 Å². The Morgan fingerprint density at radius 3 is 2.65 bits per heavy atom. The predicted octanol–water partition coefficient (Wildman–Crippen LogP) is 3.86. The molecule has 1 saturated heterocycles. The summed E-state index contributed by atoms with van der Waals surface area (Å²) in [6.45, 7) is 3.44. The zero-order valence-corrected chi connectivity index (χ0v) is 19.7. The third-order valence-corrected chi connectivity index (χ3v) is 6.35. The molecule has 1 aromatic carbocycles. The summed E-state index contributed by atoms with van der Waals surface area (Å²) in [6, 6.07) is 5.24. The van der Waals surface area contributed by atoms with E-state index in [-0.39, 0.29) is 24.7 Å². The van der Waals surface area contributed by atoms with Gasteiger partial charge in [0, 0.05) is 42.2 Å². The first kappa shape index (κ1) is 24.4. The van der Waals surface area contributed by atoms with Gasteiger partial charge in [0.15, 0.2) is 17.3 Å². The molecule has 0 bridgehead atoms. The van der Waals surface area contributed by atoms with Crippen LogP contribution >= 0.6 is 12.4 Å². The number of pyridine rings is 2. The fraction of sp³-hybridized carbons (Fsp3) is 0.417. The molecule has 1 N–H and O–H groups in total. The normalized spacial score (nSPS) is 16.0. The molecule has 3 aromatic rings. The summed E-state index contributed by atoms with van der Waals surface area (Å²) in [7, 11) is 1.47. The maximum atomic E-state index is 14.6. The van der Waals surface area contributed by atoms with Crippen LogP contribution in [0.1, 0.15) is 24.1 Å². The van der Waals surface area contributed by atoms with Crippen molar-refractivity contribution in [2.24, 2.45) is 0 Å². The van der Waals surface area contributed by atoms with E-state index in [9.17, 15) is 8.78 Å². The van der Waals surface area contributed by atoms with Crippen molar-refractivity contribution in [1.29, 1.82) is 0 Å². The first-order valence-electron chi connectivity index (χ1n) is 11.1. The van der Waals surface area contributed by atoms with E-state index in [0.717, 1.165) is 43.6 Å². The molecule has 182 valence electrons. The number of nitrogens with one attached hydrogen (secondary N) is 1. The van der Waals surface area contributed by atoms with E-state index in [4.69, 9.17) is 14.2 Å². The second-order valence-electron chi connectivity index (χ2n) is 8.37. The fourth-order valence-corrected chi connectivity index (χ4v) is 4.45. The lowest BCUT2D eigenvalue weighted by Gasteiger charge is -2.32. The molecule has 0 saturated carbocycles. The molecule has 2 aromatic heterocycles. The molecular formula is C24H27ClF2N4O3. The van der Waals surface area contributed by atoms with E-state index >= 15 is 0 Å². The number of fused-ring (bicyclic) bond motifs is 2. The summed E-state index contributed by atoms with van der Waals surface area (Å²) in [4.78, 5) is 10.7. The minimum Gasteiger partial charge on any atom is -0.497 e. The van der Waals surface area contributed by atoms with Crippen molar-refractivity contribution in [2.45, 2.75) is 31.8 Å². The third-order valence-electron chi connectivity index (χ3n) is 6.35. The van der Waals surface area contributed by atoms with Crippen LogP contribution in [0, 0.1) is 11.6 Å². The predicted molar refractivity (Wildman–Crippen MR) is 126 cm³/mol. The average Bonchev–Trinajstić information content (AvgIpc) is 3.30. The second-order valence-corrected chi connectivity index (χ2v) is 8.37. The molecule has 0 amide bonds. The number of hydrogen-bond donors (Lipinski definition) is 1. The second kappa shape index (κ2) is 10.7. The van der Waals surface area contributed by atoms with Gasteiger partial charge in [0.2, 0.25) is 6.79 Å². The van der Waals surface area contributed by atoms with Crippen molar-refractivity contribution in [3.05, 3.63) is 53.5 Å². The molecule has 10 heteroatoms. The Morgan fingerprint density at radius 1 is 1.06 bits per heavy atom. The maximum absolute atomic E-state index is 14.6. The van der Waals surface area contributed by atoms with Gasteiger partial charge in [-0.1, -0.05) is 0 Å². The highest BCUT2D eigenvalue weighted by Crippen LogP contribution is 2.31. The lowest BCUT2D eigenvalue weighted by molar-refractivity contribution is 0.173. The first-order chi connectivity index (χ1) is 16.1. The Labute approximate surface area is 202 Å². The van der Waals surface area contributed by atoms with Crippen molar-refractivity contribution in [1.82, 2.24) is 20.2 Å². The topological polar surface area (TPSA) is 68.7 Å². The number of aromatic nitrogens is 2. The van der Waals surface area contributed by atoms with Crippen LogP contribution in [0.5, 0.6) is 17.2 Å². The van der Waals surface area contributed by atoms with Crippen LogP contribution in [-0.2, 0) is 13.0 Å². The summed E-state index contributed by atoms with van der Waals surface area (Å²) >= 11 is 0. The number of methoxy groups -OCH3 is 1. The number of rotatable bonds is 7. The van der Waals surface area contributed by atoms with Gasteiger partial charge in [0.1, 0.15) is 17.1 Å². The Bertz CT molecular complexity index is 1160. The van der Waals surface area contributed by atoms with Gasteiger partial charge in [-0.05, 0) is 38.4 Å². The van der Waals surface area contributed by atoms with Gasteiger partial charge < -0.3 is 24.4 Å². The van der Waals surface area contributed by atoms with Crippen LogP contribution in [0.15, 0.2) is 30.6 Å². The molecule has 4 heterocycles. The minimum atomic E-state index is -0.505. The zero-order chi connectivity index (χ0) is 22.8. The SMILES string of the molecule is COc1cc(F)c2ncc(F)c(CCN3CCC(NCc4cc5c(cn4)OCO5)CC3)c2c1.Cl. The van der Waals surface area contributed by atoms with Crippen molar-refractivity contribution in [2.75, 3.05) is 33.5 Å². The van der Waals surface area contributed by atoms with E-state index in [1.165, 1.54) is 13.2 Å². The monoisotopic (exact) mass is 492 g/mol. The lowest BCUT2D eigenvalue weighted by Crippen LogP contribution is -2.43. The fourth-order valence-electron chi connectivity index (χ4n) is 4.45. The van der Waals surface area contributed by atoms with Crippen molar-refractivity contribution < 1.29 is 23.0 Å². The Morgan fingerprint density at radius 2 is 1.85 bits per heavy atom. The Hall–Kier alpha value is -2.75. The summed E-state index contributed by atoms with van der Waals surface area (Å²) in [5.41, 5.74) is 1.57. The Balaban J connectivity index is 0.00000274. The Kier molecular flexibility index (Phi) is 7.65. The van der Waals surface area contributed by atoms with Crippen molar-refractivity contribution >= 4 is 23.3 Å². The van der Waals surface area contributed by atoms with Crippen LogP contribution in [0.2, 0.25) is 0 Å². The van der Waals surface area contributed by atoms with Crippen molar-refractivity contribution in [3.8, 4) is 17.2 Å². The number of ether oxygens (including phenoxy) is 3. The van der Waals surface area contributed by atoms with Crippen LogP contribution < -0.4 is 19.5 Å². The van der Waals surface area contributed by atoms with E-state index < -0.39 is 11.6 Å². The van der Waals surface area contributed by atoms with Gasteiger partial charge in [-0.15, -0.1) is 12.4 Å².